The van der Waals surface area contributed by atoms with Gasteiger partial charge in [0.25, 0.3) is 10.0 Å². The Balaban J connectivity index is 2.30. The molecule has 0 bridgehead atoms. The lowest BCUT2D eigenvalue weighted by Crippen LogP contribution is -2.26. The minimum Gasteiger partial charge on any atom is -0.384 e. The average Bonchev–Trinajstić information content (AvgIpc) is 2.99. The van der Waals surface area contributed by atoms with Gasteiger partial charge in [0, 0.05) is 10.4 Å². The maximum absolute atomic E-state index is 12.6. The SMILES string of the molecule is CCCC(O)(CCC)c1csc(NS(=O)(=O)c2cccc(Cl)c2C)n1. The van der Waals surface area contributed by atoms with Crippen molar-refractivity contribution in [1.29, 1.82) is 0 Å². The number of rotatable bonds is 8. The zero-order valence-corrected chi connectivity index (χ0v) is 16.9. The highest BCUT2D eigenvalue weighted by Crippen LogP contribution is 2.34. The number of benzene rings is 1. The van der Waals surface area contributed by atoms with E-state index in [1.165, 1.54) is 17.4 Å². The van der Waals surface area contributed by atoms with Crippen molar-refractivity contribution in [2.75, 3.05) is 4.72 Å². The Morgan fingerprint density at radius 2 is 1.92 bits per heavy atom. The van der Waals surface area contributed by atoms with E-state index in [2.05, 4.69) is 9.71 Å². The van der Waals surface area contributed by atoms with Crippen LogP contribution in [-0.2, 0) is 15.6 Å². The van der Waals surface area contributed by atoms with Crippen LogP contribution >= 0.6 is 22.9 Å². The zero-order valence-electron chi connectivity index (χ0n) is 14.5. The van der Waals surface area contributed by atoms with E-state index in [0.717, 1.165) is 12.8 Å². The molecule has 0 radical (unpaired) electrons. The van der Waals surface area contributed by atoms with Crippen molar-refractivity contribution in [3.63, 3.8) is 0 Å². The highest BCUT2D eigenvalue weighted by molar-refractivity contribution is 7.93. The van der Waals surface area contributed by atoms with Crippen molar-refractivity contribution in [3.05, 3.63) is 39.9 Å². The van der Waals surface area contributed by atoms with Crippen LogP contribution in [0.3, 0.4) is 0 Å². The van der Waals surface area contributed by atoms with Crippen LogP contribution in [0.25, 0.3) is 0 Å². The lowest BCUT2D eigenvalue weighted by atomic mass is 9.90. The van der Waals surface area contributed by atoms with Crippen LogP contribution in [0.2, 0.25) is 5.02 Å². The van der Waals surface area contributed by atoms with Gasteiger partial charge in [0.15, 0.2) is 5.13 Å². The van der Waals surface area contributed by atoms with Crippen molar-refractivity contribution in [2.24, 2.45) is 0 Å². The molecule has 0 saturated heterocycles. The first-order chi connectivity index (χ1) is 11.7. The van der Waals surface area contributed by atoms with Crippen molar-refractivity contribution in [2.45, 2.75) is 57.0 Å². The Hall–Kier alpha value is -1.15. The Morgan fingerprint density at radius 3 is 2.52 bits per heavy atom. The molecule has 0 fully saturated rings. The topological polar surface area (TPSA) is 79.3 Å². The van der Waals surface area contributed by atoms with E-state index in [1.807, 2.05) is 13.8 Å². The van der Waals surface area contributed by atoms with Crippen LogP contribution in [0, 0.1) is 6.92 Å². The maximum Gasteiger partial charge on any atom is 0.263 e. The maximum atomic E-state index is 12.6. The highest BCUT2D eigenvalue weighted by Gasteiger charge is 2.30. The number of hydrogen-bond acceptors (Lipinski definition) is 5. The van der Waals surface area contributed by atoms with Crippen LogP contribution < -0.4 is 4.72 Å². The van der Waals surface area contributed by atoms with Gasteiger partial charge in [-0.2, -0.15) is 0 Å². The van der Waals surface area contributed by atoms with Crippen LogP contribution in [0.4, 0.5) is 5.13 Å². The van der Waals surface area contributed by atoms with E-state index in [0.29, 0.717) is 29.1 Å². The molecule has 25 heavy (non-hydrogen) atoms. The molecule has 0 saturated carbocycles. The molecular weight excluding hydrogens is 380 g/mol. The predicted molar refractivity (Wildman–Crippen MR) is 103 cm³/mol. The number of anilines is 1. The quantitative estimate of drug-likeness (QED) is 0.671. The number of aromatic nitrogens is 1. The van der Waals surface area contributed by atoms with E-state index in [1.54, 1.807) is 24.4 Å². The lowest BCUT2D eigenvalue weighted by molar-refractivity contribution is 0.0134. The molecule has 5 nitrogen and oxygen atoms in total. The predicted octanol–water partition coefficient (Wildman–Crippen LogP) is 4.69. The summed E-state index contributed by atoms with van der Waals surface area (Å²) in [7, 11) is -3.79. The Kier molecular flexibility index (Phi) is 6.48. The molecule has 1 heterocycles. The number of nitrogens with zero attached hydrogens (tertiary/aromatic N) is 1. The van der Waals surface area contributed by atoms with Crippen molar-refractivity contribution in [3.8, 4) is 0 Å². The van der Waals surface area contributed by atoms with Gasteiger partial charge in [0.05, 0.1) is 10.6 Å². The first kappa shape index (κ1) is 20.2. The molecule has 2 N–H and O–H groups in total. The molecule has 0 aliphatic rings. The molecule has 1 aromatic heterocycles. The largest absolute Gasteiger partial charge is 0.384 e. The second-order valence-corrected chi connectivity index (χ2v) is 8.95. The number of thiazole rings is 1. The standard InChI is InChI=1S/C17H23ClN2O3S2/c1-4-9-17(21,10-5-2)15-11-24-16(19-15)20-25(22,23)14-8-6-7-13(18)12(14)3/h6-8,11,21H,4-5,9-10H2,1-3H3,(H,19,20). The summed E-state index contributed by atoms with van der Waals surface area (Å²) in [5.74, 6) is 0. The van der Waals surface area contributed by atoms with Gasteiger partial charge in [-0.1, -0.05) is 44.4 Å². The van der Waals surface area contributed by atoms with Gasteiger partial charge in [-0.25, -0.2) is 13.4 Å². The summed E-state index contributed by atoms with van der Waals surface area (Å²) in [6, 6.07) is 4.74. The Morgan fingerprint density at radius 1 is 1.28 bits per heavy atom. The molecule has 0 atom stereocenters. The third-order valence-electron chi connectivity index (χ3n) is 4.04. The second-order valence-electron chi connectivity index (χ2n) is 6.04. The summed E-state index contributed by atoms with van der Waals surface area (Å²) in [5.41, 5.74) is -0.0148. The van der Waals surface area contributed by atoms with E-state index >= 15 is 0 Å². The van der Waals surface area contributed by atoms with Gasteiger partial charge in [0.1, 0.15) is 5.60 Å². The molecule has 0 spiro atoms. The first-order valence-corrected chi connectivity index (χ1v) is 10.9. The van der Waals surface area contributed by atoms with Crippen LogP contribution in [-0.4, -0.2) is 18.5 Å². The Labute approximate surface area is 158 Å². The smallest absolute Gasteiger partial charge is 0.263 e. The molecular formula is C17H23ClN2O3S2. The molecule has 2 rings (SSSR count). The van der Waals surface area contributed by atoms with Crippen LogP contribution in [0.15, 0.2) is 28.5 Å². The van der Waals surface area contributed by atoms with E-state index in [4.69, 9.17) is 11.6 Å². The molecule has 0 unspecified atom stereocenters. The summed E-state index contributed by atoms with van der Waals surface area (Å²) in [5, 5.41) is 13.2. The lowest BCUT2D eigenvalue weighted by Gasteiger charge is -2.25. The van der Waals surface area contributed by atoms with Crippen molar-refractivity contribution >= 4 is 38.1 Å². The summed E-state index contributed by atoms with van der Waals surface area (Å²) >= 11 is 7.18. The summed E-state index contributed by atoms with van der Waals surface area (Å²) in [6.45, 7) is 5.66. The summed E-state index contributed by atoms with van der Waals surface area (Å²) < 4.78 is 27.7. The minimum atomic E-state index is -3.79. The van der Waals surface area contributed by atoms with Gasteiger partial charge >= 0.3 is 0 Å². The fourth-order valence-electron chi connectivity index (χ4n) is 2.79. The zero-order chi connectivity index (χ0) is 18.7. The van der Waals surface area contributed by atoms with Gasteiger partial charge in [-0.3, -0.25) is 4.72 Å². The van der Waals surface area contributed by atoms with Crippen molar-refractivity contribution in [1.82, 2.24) is 4.98 Å². The number of hydrogen-bond donors (Lipinski definition) is 2. The number of halogens is 1. The molecule has 0 amide bonds. The van der Waals surface area contributed by atoms with Crippen LogP contribution in [0.1, 0.15) is 50.8 Å². The van der Waals surface area contributed by atoms with Gasteiger partial charge < -0.3 is 5.11 Å². The molecule has 0 aliphatic carbocycles. The van der Waals surface area contributed by atoms with Gasteiger partial charge in [-0.05, 0) is 37.5 Å². The molecule has 138 valence electrons. The van der Waals surface area contributed by atoms with E-state index in [-0.39, 0.29) is 10.0 Å². The number of aliphatic hydroxyl groups is 1. The van der Waals surface area contributed by atoms with Crippen LogP contribution in [0.5, 0.6) is 0 Å². The number of nitrogens with one attached hydrogen (secondary N) is 1. The molecule has 0 aliphatic heterocycles. The normalized spacial score (nSPS) is 12.4. The fourth-order valence-corrected chi connectivity index (χ4v) is 5.35. The molecule has 2 aromatic rings. The highest BCUT2D eigenvalue weighted by atomic mass is 35.5. The number of sulfonamides is 1. The monoisotopic (exact) mass is 402 g/mol. The summed E-state index contributed by atoms with van der Waals surface area (Å²) in [4.78, 5) is 4.45. The first-order valence-electron chi connectivity index (χ1n) is 8.20. The molecule has 8 heteroatoms. The van der Waals surface area contributed by atoms with E-state index in [9.17, 15) is 13.5 Å². The van der Waals surface area contributed by atoms with Gasteiger partial charge in [-0.15, -0.1) is 11.3 Å². The second kappa shape index (κ2) is 8.03. The van der Waals surface area contributed by atoms with E-state index < -0.39 is 15.6 Å². The van der Waals surface area contributed by atoms with Crippen molar-refractivity contribution < 1.29 is 13.5 Å². The molecule has 1 aromatic carbocycles. The van der Waals surface area contributed by atoms with Gasteiger partial charge in [0.2, 0.25) is 0 Å². The summed E-state index contributed by atoms with van der Waals surface area (Å²) in [6.07, 6.45) is 2.81. The average molecular weight is 403 g/mol. The third kappa shape index (κ3) is 4.53. The minimum absolute atomic E-state index is 0.120. The Bertz CT molecular complexity index is 828. The fraction of sp³-hybridized carbons (Fsp3) is 0.471. The third-order valence-corrected chi connectivity index (χ3v) is 6.82.